The Morgan fingerprint density at radius 1 is 1.17 bits per heavy atom. The molecular formula is C14H17ClN6O2. The molecule has 0 radical (unpaired) electrons. The van der Waals surface area contributed by atoms with Gasteiger partial charge in [-0.3, -0.25) is 0 Å². The first-order valence-corrected chi connectivity index (χ1v) is 7.90. The van der Waals surface area contributed by atoms with Crippen LogP contribution in [0, 0.1) is 0 Å². The number of piperidine rings is 1. The van der Waals surface area contributed by atoms with Gasteiger partial charge in [0.05, 0.1) is 31.3 Å². The fourth-order valence-electron chi connectivity index (χ4n) is 3.05. The smallest absolute Gasteiger partial charge is 0.172 e. The Labute approximate surface area is 138 Å². The minimum Gasteiger partial charge on any atom is -0.380 e. The third-order valence-electron chi connectivity index (χ3n) is 4.29. The van der Waals surface area contributed by atoms with E-state index >= 15 is 0 Å². The van der Waals surface area contributed by atoms with Gasteiger partial charge in [-0.25, -0.2) is 4.68 Å². The fourth-order valence-corrected chi connectivity index (χ4v) is 3.19. The summed E-state index contributed by atoms with van der Waals surface area (Å²) in [6, 6.07) is 1.64. The number of nitrogens with zero attached hydrogens (tertiary/aromatic N) is 5. The molecule has 2 saturated heterocycles. The third-order valence-corrected chi connectivity index (χ3v) is 4.48. The number of anilines is 2. The van der Waals surface area contributed by atoms with E-state index in [-0.39, 0.29) is 16.8 Å². The summed E-state index contributed by atoms with van der Waals surface area (Å²) in [6.45, 7) is 3.09. The number of halogens is 1. The van der Waals surface area contributed by atoms with E-state index in [0.717, 1.165) is 31.6 Å². The second kappa shape index (κ2) is 5.63. The van der Waals surface area contributed by atoms with Gasteiger partial charge >= 0.3 is 0 Å². The van der Waals surface area contributed by atoms with Gasteiger partial charge in [0.2, 0.25) is 0 Å². The van der Waals surface area contributed by atoms with Crippen molar-refractivity contribution in [2.24, 2.45) is 0 Å². The summed E-state index contributed by atoms with van der Waals surface area (Å²) in [5, 5.41) is 12.2. The van der Waals surface area contributed by atoms with Gasteiger partial charge in [-0.1, -0.05) is 11.6 Å². The number of nitrogens with two attached hydrogens (primary N) is 1. The summed E-state index contributed by atoms with van der Waals surface area (Å²) in [5.74, 6) is -0.0890. The van der Waals surface area contributed by atoms with Crippen molar-refractivity contribution in [2.75, 3.05) is 36.9 Å². The molecule has 2 aliphatic rings. The number of hydrogen-bond donors (Lipinski definition) is 1. The maximum atomic E-state index is 5.88. The molecule has 0 aromatic carbocycles. The molecule has 2 fully saturated rings. The highest BCUT2D eigenvalue weighted by molar-refractivity contribution is 6.29. The van der Waals surface area contributed by atoms with Crippen molar-refractivity contribution in [3.05, 3.63) is 23.6 Å². The van der Waals surface area contributed by atoms with Gasteiger partial charge in [0.1, 0.15) is 5.69 Å². The van der Waals surface area contributed by atoms with Crippen LogP contribution in [0.15, 0.2) is 18.5 Å². The Kier molecular flexibility index (Phi) is 3.59. The van der Waals surface area contributed by atoms with Gasteiger partial charge in [0, 0.05) is 32.0 Å². The first-order valence-electron chi connectivity index (χ1n) is 7.52. The Balaban J connectivity index is 1.51. The molecule has 0 saturated carbocycles. The zero-order valence-electron chi connectivity index (χ0n) is 12.5. The predicted molar refractivity (Wildman–Crippen MR) is 84.7 cm³/mol. The maximum Gasteiger partial charge on any atom is 0.172 e. The molecule has 2 aromatic rings. The number of rotatable bonds is 2. The lowest BCUT2D eigenvalue weighted by atomic mass is 10.0. The highest BCUT2D eigenvalue weighted by Gasteiger charge is 2.39. The van der Waals surface area contributed by atoms with Crippen LogP contribution in [-0.4, -0.2) is 52.1 Å². The molecule has 0 unspecified atom stereocenters. The van der Waals surface area contributed by atoms with Gasteiger partial charge in [0.25, 0.3) is 0 Å². The fraction of sp³-hybridized carbons (Fsp3) is 0.500. The zero-order valence-corrected chi connectivity index (χ0v) is 13.2. The quantitative estimate of drug-likeness (QED) is 0.882. The van der Waals surface area contributed by atoms with Crippen molar-refractivity contribution in [3.63, 3.8) is 0 Å². The minimum atomic E-state index is -0.376. The lowest BCUT2D eigenvalue weighted by Crippen LogP contribution is -2.45. The molecule has 8 nitrogen and oxygen atoms in total. The molecule has 122 valence electrons. The molecule has 1 spiro atoms. The molecular weight excluding hydrogens is 320 g/mol. The van der Waals surface area contributed by atoms with Crippen molar-refractivity contribution < 1.29 is 9.47 Å². The van der Waals surface area contributed by atoms with Crippen molar-refractivity contribution in [1.82, 2.24) is 20.0 Å². The Morgan fingerprint density at radius 3 is 2.65 bits per heavy atom. The summed E-state index contributed by atoms with van der Waals surface area (Å²) < 4.78 is 13.2. The van der Waals surface area contributed by atoms with Gasteiger partial charge in [-0.2, -0.15) is 5.10 Å². The highest BCUT2D eigenvalue weighted by atomic mass is 35.5. The number of ether oxygens (including phenoxy) is 2. The van der Waals surface area contributed by atoms with E-state index in [0.29, 0.717) is 18.9 Å². The standard InChI is InChI=1S/C14H17ClN6O2/c15-12-7-11(13(16)19-18-12)21-9-10(8-17-21)20-3-1-14(2-4-20)22-5-6-23-14/h7-9H,1-6H2,(H2,16,19). The van der Waals surface area contributed by atoms with Gasteiger partial charge in [0.15, 0.2) is 16.8 Å². The highest BCUT2D eigenvalue weighted by Crippen LogP contribution is 2.33. The van der Waals surface area contributed by atoms with Crippen LogP contribution in [0.2, 0.25) is 5.15 Å². The zero-order chi connectivity index (χ0) is 15.9. The first-order chi connectivity index (χ1) is 11.2. The van der Waals surface area contributed by atoms with Gasteiger partial charge in [-0.15, -0.1) is 10.2 Å². The van der Waals surface area contributed by atoms with Gasteiger partial charge in [-0.05, 0) is 0 Å². The average molecular weight is 337 g/mol. The van der Waals surface area contributed by atoms with Crippen molar-refractivity contribution in [2.45, 2.75) is 18.6 Å². The normalized spacial score (nSPS) is 20.3. The molecule has 2 N–H and O–H groups in total. The van der Waals surface area contributed by atoms with E-state index in [9.17, 15) is 0 Å². The van der Waals surface area contributed by atoms with E-state index in [1.807, 2.05) is 12.4 Å². The van der Waals surface area contributed by atoms with Crippen LogP contribution in [0.4, 0.5) is 11.5 Å². The lowest BCUT2D eigenvalue weighted by molar-refractivity contribution is -0.169. The molecule has 9 heteroatoms. The molecule has 0 amide bonds. The van der Waals surface area contributed by atoms with Crippen LogP contribution in [-0.2, 0) is 9.47 Å². The molecule has 4 rings (SSSR count). The van der Waals surface area contributed by atoms with Crippen molar-refractivity contribution >= 4 is 23.1 Å². The summed E-state index contributed by atoms with van der Waals surface area (Å²) in [6.07, 6.45) is 5.42. The maximum absolute atomic E-state index is 5.88. The summed E-state index contributed by atoms with van der Waals surface area (Å²) in [7, 11) is 0. The molecule has 2 aromatic heterocycles. The number of aromatic nitrogens is 4. The van der Waals surface area contributed by atoms with Crippen LogP contribution in [0.5, 0.6) is 0 Å². The van der Waals surface area contributed by atoms with E-state index in [4.69, 9.17) is 26.8 Å². The molecule has 0 bridgehead atoms. The average Bonchev–Trinajstić information content (AvgIpc) is 3.21. The first kappa shape index (κ1) is 14.7. The lowest BCUT2D eigenvalue weighted by Gasteiger charge is -2.38. The largest absolute Gasteiger partial charge is 0.380 e. The number of nitrogen functional groups attached to an aromatic ring is 1. The topological polar surface area (TPSA) is 91.3 Å². The molecule has 4 heterocycles. The van der Waals surface area contributed by atoms with Crippen LogP contribution in [0.3, 0.4) is 0 Å². The molecule has 0 atom stereocenters. The van der Waals surface area contributed by atoms with Crippen LogP contribution >= 0.6 is 11.6 Å². The van der Waals surface area contributed by atoms with Crippen LogP contribution < -0.4 is 10.6 Å². The van der Waals surface area contributed by atoms with E-state index in [1.54, 1.807) is 10.7 Å². The Bertz CT molecular complexity index is 705. The third kappa shape index (κ3) is 2.73. The summed E-state index contributed by atoms with van der Waals surface area (Å²) in [5.41, 5.74) is 7.48. The van der Waals surface area contributed by atoms with Crippen LogP contribution in [0.25, 0.3) is 5.69 Å². The summed E-state index contributed by atoms with van der Waals surface area (Å²) >= 11 is 5.88. The van der Waals surface area contributed by atoms with Gasteiger partial charge < -0.3 is 20.1 Å². The monoisotopic (exact) mass is 336 g/mol. The second-order valence-corrected chi connectivity index (χ2v) is 6.06. The summed E-state index contributed by atoms with van der Waals surface area (Å²) in [4.78, 5) is 2.26. The second-order valence-electron chi connectivity index (χ2n) is 5.68. The molecule has 0 aliphatic carbocycles. The van der Waals surface area contributed by atoms with E-state index in [1.165, 1.54) is 0 Å². The minimum absolute atomic E-state index is 0.279. The molecule has 23 heavy (non-hydrogen) atoms. The number of hydrogen-bond acceptors (Lipinski definition) is 7. The van der Waals surface area contributed by atoms with E-state index < -0.39 is 0 Å². The SMILES string of the molecule is Nc1nnc(Cl)cc1-n1cc(N2CCC3(CC2)OCCO3)cn1. The van der Waals surface area contributed by atoms with Crippen molar-refractivity contribution in [3.8, 4) is 5.69 Å². The predicted octanol–water partition coefficient (Wildman–Crippen LogP) is 1.24. The molecule has 2 aliphatic heterocycles. The Hall–Kier alpha value is -1.90. The Morgan fingerprint density at radius 2 is 1.91 bits per heavy atom. The van der Waals surface area contributed by atoms with Crippen molar-refractivity contribution in [1.29, 1.82) is 0 Å². The van der Waals surface area contributed by atoms with E-state index in [2.05, 4.69) is 20.2 Å². The van der Waals surface area contributed by atoms with Crippen LogP contribution in [0.1, 0.15) is 12.8 Å².